The Labute approximate surface area is 212 Å². The summed E-state index contributed by atoms with van der Waals surface area (Å²) in [6.45, 7) is -0.0254. The first-order valence-corrected chi connectivity index (χ1v) is 12.1. The molecule has 1 aromatic carbocycles. The Balaban J connectivity index is 1.54. The normalized spacial score (nSPS) is 12.9. The highest BCUT2D eigenvalue weighted by Gasteiger charge is 2.21. The van der Waals surface area contributed by atoms with Crippen LogP contribution in [0.1, 0.15) is 46.0 Å². The number of hydrogen-bond acceptors (Lipinski definition) is 6. The number of thiazole rings is 1. The summed E-state index contributed by atoms with van der Waals surface area (Å²) in [5, 5.41) is 3.11. The zero-order valence-electron chi connectivity index (χ0n) is 18.5. The van der Waals surface area contributed by atoms with Crippen LogP contribution < -0.4 is 10.9 Å². The summed E-state index contributed by atoms with van der Waals surface area (Å²) in [6, 6.07) is 4.86. The monoisotopic (exact) mass is 526 g/mol. The summed E-state index contributed by atoms with van der Waals surface area (Å²) in [4.78, 5) is 35.0. The maximum absolute atomic E-state index is 13.4. The van der Waals surface area contributed by atoms with Crippen LogP contribution >= 0.6 is 22.9 Å². The number of oxazole rings is 1. The highest BCUT2D eigenvalue weighted by Crippen LogP contribution is 2.34. The number of benzene rings is 1. The minimum atomic E-state index is -2.75. The van der Waals surface area contributed by atoms with E-state index in [9.17, 15) is 18.4 Å². The van der Waals surface area contributed by atoms with Crippen molar-refractivity contribution < 1.29 is 18.0 Å². The van der Waals surface area contributed by atoms with Crippen LogP contribution in [0.2, 0.25) is 5.02 Å². The van der Waals surface area contributed by atoms with E-state index in [1.165, 1.54) is 52.8 Å². The second-order valence-electron chi connectivity index (χ2n) is 8.06. The van der Waals surface area contributed by atoms with Gasteiger partial charge in [0, 0.05) is 39.9 Å². The molecule has 0 radical (unpaired) electrons. The quantitative estimate of drug-likeness (QED) is 0.330. The van der Waals surface area contributed by atoms with Crippen molar-refractivity contribution in [3.8, 4) is 23.0 Å². The van der Waals surface area contributed by atoms with Gasteiger partial charge in [0.2, 0.25) is 5.89 Å². The third kappa shape index (κ3) is 5.37. The lowest BCUT2D eigenvalue weighted by Gasteiger charge is -2.14. The second kappa shape index (κ2) is 10.0. The molecule has 0 aliphatic heterocycles. The second-order valence-corrected chi connectivity index (χ2v) is 9.50. The summed E-state index contributed by atoms with van der Waals surface area (Å²) in [6.07, 6.45) is 5.18. The van der Waals surface area contributed by atoms with Crippen LogP contribution in [0.4, 0.5) is 13.9 Å². The minimum Gasteiger partial charge on any atom is -0.447 e. The minimum absolute atomic E-state index is 0.0254. The average molecular weight is 527 g/mol. The molecule has 0 bridgehead atoms. The van der Waals surface area contributed by atoms with Gasteiger partial charge in [0.25, 0.3) is 17.9 Å². The fourth-order valence-corrected chi connectivity index (χ4v) is 4.31. The van der Waals surface area contributed by atoms with Crippen LogP contribution in [0.25, 0.3) is 11.1 Å². The first-order valence-electron chi connectivity index (χ1n) is 10.9. The zero-order chi connectivity index (χ0) is 25.2. The van der Waals surface area contributed by atoms with Crippen molar-refractivity contribution in [1.82, 2.24) is 14.5 Å². The molecule has 11 heteroatoms. The number of anilines is 1. The third-order valence-electron chi connectivity index (χ3n) is 5.40. The number of carbonyl (C=O) groups excluding carboxylic acids is 1. The molecule has 182 valence electrons. The molecule has 5 rings (SSSR count). The number of aromatic nitrogens is 3. The molecule has 1 aliphatic rings. The van der Waals surface area contributed by atoms with Gasteiger partial charge in [-0.25, -0.2) is 18.7 Å². The first kappa shape index (κ1) is 23.9. The molecule has 3 aromatic heterocycles. The van der Waals surface area contributed by atoms with Gasteiger partial charge in [-0.2, -0.15) is 0 Å². The molecule has 4 aromatic rings. The van der Waals surface area contributed by atoms with Crippen molar-refractivity contribution in [2.24, 2.45) is 5.92 Å². The zero-order valence-corrected chi connectivity index (χ0v) is 20.1. The Bertz CT molecular complexity index is 1550. The summed E-state index contributed by atoms with van der Waals surface area (Å²) in [5.74, 6) is 6.21. The van der Waals surface area contributed by atoms with Crippen LogP contribution in [0.15, 0.2) is 58.3 Å². The van der Waals surface area contributed by atoms with Crippen molar-refractivity contribution in [3.63, 3.8) is 0 Å². The van der Waals surface area contributed by atoms with E-state index in [2.05, 4.69) is 27.1 Å². The van der Waals surface area contributed by atoms with E-state index in [0.717, 1.165) is 18.9 Å². The molecular formula is C25H17ClF2N4O3S. The van der Waals surface area contributed by atoms with Gasteiger partial charge in [-0.3, -0.25) is 14.9 Å². The van der Waals surface area contributed by atoms with Gasteiger partial charge in [-0.15, -0.1) is 0 Å². The van der Waals surface area contributed by atoms with Crippen molar-refractivity contribution in [2.75, 3.05) is 5.32 Å². The standard InChI is InChI=1S/C25H17ClF2N4O3S/c26-20-6-4-15(23(27)28)9-17(20)19-12-32(13-21-29-7-8-35-21)22(33)10-18(19)24(34)31-25-30-11-16(36-25)5-3-14-1-2-14/h4,6-12,14,23H,1-2,13H2,(H,30,31,34). The summed E-state index contributed by atoms with van der Waals surface area (Å²) in [5.41, 5.74) is -0.464. The fourth-order valence-electron chi connectivity index (χ4n) is 3.42. The molecule has 0 spiro atoms. The third-order valence-corrected chi connectivity index (χ3v) is 6.55. The van der Waals surface area contributed by atoms with Gasteiger partial charge in [-0.1, -0.05) is 40.8 Å². The predicted octanol–water partition coefficient (Wildman–Crippen LogP) is 5.61. The fraction of sp³-hybridized carbons (Fsp3) is 0.200. The maximum Gasteiger partial charge on any atom is 0.263 e. The van der Waals surface area contributed by atoms with Crippen LogP contribution in [0.5, 0.6) is 0 Å². The number of carbonyl (C=O) groups is 1. The Morgan fingerprint density at radius 2 is 2.11 bits per heavy atom. The topological polar surface area (TPSA) is 90.0 Å². The smallest absolute Gasteiger partial charge is 0.263 e. The predicted molar refractivity (Wildman–Crippen MR) is 131 cm³/mol. The molecule has 1 amide bonds. The first-order chi connectivity index (χ1) is 17.4. The molecule has 1 aliphatic carbocycles. The molecule has 0 atom stereocenters. The SMILES string of the molecule is O=C(Nc1ncc(C#CC2CC2)s1)c1cc(=O)n(Cc2ncco2)cc1-c1cc(C(F)F)ccc1Cl. The van der Waals surface area contributed by atoms with Crippen molar-refractivity contribution in [1.29, 1.82) is 0 Å². The maximum atomic E-state index is 13.4. The molecule has 1 N–H and O–H groups in total. The van der Waals surface area contributed by atoms with Crippen LogP contribution in [0, 0.1) is 17.8 Å². The lowest BCUT2D eigenvalue weighted by Crippen LogP contribution is -2.24. The van der Waals surface area contributed by atoms with E-state index < -0.39 is 17.9 Å². The van der Waals surface area contributed by atoms with E-state index in [1.54, 1.807) is 6.20 Å². The number of rotatable bonds is 6. The number of nitrogens with zero attached hydrogens (tertiary/aromatic N) is 3. The largest absolute Gasteiger partial charge is 0.447 e. The Morgan fingerprint density at radius 3 is 2.83 bits per heavy atom. The van der Waals surface area contributed by atoms with Gasteiger partial charge >= 0.3 is 0 Å². The van der Waals surface area contributed by atoms with Gasteiger partial charge in [0.05, 0.1) is 22.8 Å². The Hall–Kier alpha value is -3.81. The molecule has 0 saturated heterocycles. The van der Waals surface area contributed by atoms with E-state index >= 15 is 0 Å². The number of amides is 1. The lowest BCUT2D eigenvalue weighted by atomic mass is 9.99. The van der Waals surface area contributed by atoms with Crippen LogP contribution in [-0.4, -0.2) is 20.4 Å². The molecular weight excluding hydrogens is 510 g/mol. The Kier molecular flexibility index (Phi) is 6.67. The summed E-state index contributed by atoms with van der Waals surface area (Å²) >= 11 is 7.56. The summed E-state index contributed by atoms with van der Waals surface area (Å²) < 4.78 is 33.4. The molecule has 3 heterocycles. The number of halogens is 3. The summed E-state index contributed by atoms with van der Waals surface area (Å²) in [7, 11) is 0. The highest BCUT2D eigenvalue weighted by molar-refractivity contribution is 7.16. The lowest BCUT2D eigenvalue weighted by molar-refractivity contribution is 0.102. The molecule has 1 fully saturated rings. The number of pyridine rings is 1. The van der Waals surface area contributed by atoms with Crippen molar-refractivity contribution in [3.05, 3.63) is 86.4 Å². The van der Waals surface area contributed by atoms with Crippen molar-refractivity contribution in [2.45, 2.75) is 25.8 Å². The van der Waals surface area contributed by atoms with Crippen LogP contribution in [-0.2, 0) is 6.54 Å². The van der Waals surface area contributed by atoms with Gasteiger partial charge in [-0.05, 0) is 25.0 Å². The van der Waals surface area contributed by atoms with Crippen LogP contribution in [0.3, 0.4) is 0 Å². The number of hydrogen-bond donors (Lipinski definition) is 1. The molecule has 1 saturated carbocycles. The molecule has 0 unspecified atom stereocenters. The molecule has 36 heavy (non-hydrogen) atoms. The van der Waals surface area contributed by atoms with Gasteiger partial charge < -0.3 is 8.98 Å². The van der Waals surface area contributed by atoms with E-state index in [0.29, 0.717) is 15.9 Å². The van der Waals surface area contributed by atoms with E-state index in [4.69, 9.17) is 16.0 Å². The number of nitrogens with one attached hydrogen (secondary N) is 1. The average Bonchev–Trinajstić information content (AvgIpc) is 3.34. The van der Waals surface area contributed by atoms with E-state index in [-0.39, 0.29) is 39.7 Å². The van der Waals surface area contributed by atoms with E-state index in [1.807, 2.05) is 0 Å². The number of alkyl halides is 2. The van der Waals surface area contributed by atoms with Gasteiger partial charge in [0.1, 0.15) is 12.8 Å². The highest BCUT2D eigenvalue weighted by atomic mass is 35.5. The van der Waals surface area contributed by atoms with Gasteiger partial charge in [0.15, 0.2) is 5.13 Å². The van der Waals surface area contributed by atoms with Crippen molar-refractivity contribution >= 4 is 34.0 Å². The Morgan fingerprint density at radius 1 is 1.28 bits per heavy atom. The molecule has 7 nitrogen and oxygen atoms in total.